The molecule has 152 valence electrons. The Labute approximate surface area is 165 Å². The van der Waals surface area contributed by atoms with E-state index in [-0.39, 0.29) is 34.9 Å². The molecule has 28 heavy (non-hydrogen) atoms. The summed E-state index contributed by atoms with van der Waals surface area (Å²) >= 11 is 0. The molecule has 0 saturated carbocycles. The number of aliphatic hydroxyl groups is 1. The Morgan fingerprint density at radius 1 is 1.25 bits per heavy atom. The van der Waals surface area contributed by atoms with E-state index >= 15 is 0 Å². The molecule has 7 heteroatoms. The number of nitrogens with zero attached hydrogens (tertiary/aromatic N) is 2. The lowest BCUT2D eigenvalue weighted by molar-refractivity contribution is -0.385. The summed E-state index contributed by atoms with van der Waals surface area (Å²) in [5, 5.41) is 22.0. The molecule has 1 aliphatic rings. The van der Waals surface area contributed by atoms with Gasteiger partial charge in [-0.2, -0.15) is 0 Å². The highest BCUT2D eigenvalue weighted by molar-refractivity contribution is 6.09. The Bertz CT molecular complexity index is 785. The summed E-state index contributed by atoms with van der Waals surface area (Å²) < 4.78 is 0. The topological polar surface area (TPSA) is 101 Å². The number of nitro benzene ring substituents is 1. The van der Waals surface area contributed by atoms with E-state index in [1.807, 2.05) is 13.8 Å². The van der Waals surface area contributed by atoms with E-state index in [4.69, 9.17) is 0 Å². The summed E-state index contributed by atoms with van der Waals surface area (Å²) in [6.07, 6.45) is 3.81. The summed E-state index contributed by atoms with van der Waals surface area (Å²) in [4.78, 5) is 38.0. The number of ketones is 1. The van der Waals surface area contributed by atoms with E-state index in [0.29, 0.717) is 13.0 Å². The van der Waals surface area contributed by atoms with Crippen molar-refractivity contribution >= 4 is 17.4 Å². The molecule has 1 aromatic carbocycles. The van der Waals surface area contributed by atoms with Gasteiger partial charge in [0.1, 0.15) is 0 Å². The predicted molar refractivity (Wildman–Crippen MR) is 106 cm³/mol. The first-order chi connectivity index (χ1) is 13.3. The molecule has 0 saturated heterocycles. The summed E-state index contributed by atoms with van der Waals surface area (Å²) in [6.45, 7) is 6.15. The molecule has 0 fully saturated rings. The van der Waals surface area contributed by atoms with E-state index in [0.717, 1.165) is 19.3 Å². The van der Waals surface area contributed by atoms with Crippen LogP contribution in [-0.4, -0.2) is 33.2 Å². The smallest absolute Gasteiger partial charge is 0.290 e. The Morgan fingerprint density at radius 3 is 2.54 bits per heavy atom. The molecule has 2 rings (SSSR count). The number of hydrogen-bond donors (Lipinski definition) is 1. The number of nitro groups is 1. The molecule has 1 amide bonds. The number of unbranched alkanes of at least 4 members (excludes halogenated alkanes) is 3. The summed E-state index contributed by atoms with van der Waals surface area (Å²) in [7, 11) is 0. The number of amides is 1. The van der Waals surface area contributed by atoms with Crippen LogP contribution in [0, 0.1) is 16.0 Å². The minimum absolute atomic E-state index is 0.0245. The van der Waals surface area contributed by atoms with Crippen molar-refractivity contribution in [1.82, 2.24) is 4.90 Å². The third kappa shape index (κ3) is 4.58. The Morgan fingerprint density at radius 2 is 1.93 bits per heavy atom. The summed E-state index contributed by atoms with van der Waals surface area (Å²) in [5.74, 6) is -1.52. The Hall–Kier alpha value is -2.70. The normalized spacial score (nSPS) is 16.9. The van der Waals surface area contributed by atoms with Crippen molar-refractivity contribution in [2.75, 3.05) is 6.54 Å². The fourth-order valence-electron chi connectivity index (χ4n) is 3.57. The number of benzene rings is 1. The van der Waals surface area contributed by atoms with Gasteiger partial charge in [-0.05, 0) is 18.4 Å². The highest BCUT2D eigenvalue weighted by atomic mass is 16.6. The molecule has 1 N–H and O–H groups in total. The highest BCUT2D eigenvalue weighted by Gasteiger charge is 2.45. The van der Waals surface area contributed by atoms with Crippen molar-refractivity contribution in [1.29, 1.82) is 0 Å². The zero-order chi connectivity index (χ0) is 20.8. The van der Waals surface area contributed by atoms with Crippen LogP contribution in [0.4, 0.5) is 5.69 Å². The SMILES string of the molecule is CCCCCCN1C(=O)C(O)=C(C(=O)CC(C)C)C1c1ccccc1[N+](=O)[O-]. The molecule has 0 radical (unpaired) electrons. The number of aliphatic hydroxyl groups excluding tert-OH is 1. The monoisotopic (exact) mass is 388 g/mol. The molecular weight excluding hydrogens is 360 g/mol. The zero-order valence-electron chi connectivity index (χ0n) is 16.7. The lowest BCUT2D eigenvalue weighted by atomic mass is 9.91. The largest absolute Gasteiger partial charge is 0.503 e. The molecule has 1 aromatic rings. The quantitative estimate of drug-likeness (QED) is 0.362. The van der Waals surface area contributed by atoms with Gasteiger partial charge in [-0.25, -0.2) is 0 Å². The van der Waals surface area contributed by atoms with Crippen LogP contribution in [0.2, 0.25) is 0 Å². The van der Waals surface area contributed by atoms with Gasteiger partial charge in [-0.3, -0.25) is 19.7 Å². The van der Waals surface area contributed by atoms with Crippen LogP contribution in [0.1, 0.15) is 64.5 Å². The Balaban J connectivity index is 2.49. The first-order valence-electron chi connectivity index (χ1n) is 9.80. The number of carbonyl (C=O) groups excluding carboxylic acids is 2. The van der Waals surface area contributed by atoms with Crippen LogP contribution in [0.25, 0.3) is 0 Å². The fraction of sp³-hybridized carbons (Fsp3) is 0.524. The first kappa shape index (κ1) is 21.6. The molecule has 1 aliphatic heterocycles. The molecule has 7 nitrogen and oxygen atoms in total. The summed E-state index contributed by atoms with van der Waals surface area (Å²) in [5.41, 5.74) is 0.0689. The maximum Gasteiger partial charge on any atom is 0.290 e. The van der Waals surface area contributed by atoms with E-state index in [1.165, 1.54) is 11.0 Å². The van der Waals surface area contributed by atoms with Crippen LogP contribution in [0.3, 0.4) is 0 Å². The van der Waals surface area contributed by atoms with E-state index < -0.39 is 22.6 Å². The molecule has 0 spiro atoms. The molecule has 0 aliphatic carbocycles. The zero-order valence-corrected chi connectivity index (χ0v) is 16.7. The van der Waals surface area contributed by atoms with Crippen molar-refractivity contribution in [3.8, 4) is 0 Å². The maximum absolute atomic E-state index is 12.8. The lowest BCUT2D eigenvalue weighted by Crippen LogP contribution is -2.32. The molecular formula is C21H28N2O5. The van der Waals surface area contributed by atoms with Gasteiger partial charge < -0.3 is 10.0 Å². The second kappa shape index (κ2) is 9.48. The van der Waals surface area contributed by atoms with Crippen molar-refractivity contribution in [3.05, 3.63) is 51.3 Å². The number of rotatable bonds is 10. The summed E-state index contributed by atoms with van der Waals surface area (Å²) in [6, 6.07) is 5.17. The maximum atomic E-state index is 12.8. The van der Waals surface area contributed by atoms with E-state index in [9.17, 15) is 24.8 Å². The fourth-order valence-corrected chi connectivity index (χ4v) is 3.57. The third-order valence-corrected chi connectivity index (χ3v) is 4.88. The van der Waals surface area contributed by atoms with E-state index in [2.05, 4.69) is 6.92 Å². The molecule has 1 heterocycles. The highest BCUT2D eigenvalue weighted by Crippen LogP contribution is 2.42. The van der Waals surface area contributed by atoms with Crippen molar-refractivity contribution < 1.29 is 19.6 Å². The molecule has 0 bridgehead atoms. The van der Waals surface area contributed by atoms with Gasteiger partial charge in [-0.15, -0.1) is 0 Å². The van der Waals surface area contributed by atoms with Crippen LogP contribution >= 0.6 is 0 Å². The molecule has 0 aromatic heterocycles. The number of para-hydroxylation sites is 1. The lowest BCUT2D eigenvalue weighted by Gasteiger charge is -2.26. The Kier molecular flexibility index (Phi) is 7.31. The average molecular weight is 388 g/mol. The number of carbonyl (C=O) groups is 2. The standard InChI is InChI=1S/C21H28N2O5/c1-4-5-6-9-12-22-19(15-10-7-8-11-16(15)23(27)28)18(20(25)21(22)26)17(24)13-14(2)3/h7-8,10-11,14,19,25H,4-6,9,12-13H2,1-3H3. The third-order valence-electron chi connectivity index (χ3n) is 4.88. The van der Waals surface area contributed by atoms with Gasteiger partial charge in [0.25, 0.3) is 11.6 Å². The van der Waals surface area contributed by atoms with Gasteiger partial charge in [0.15, 0.2) is 11.5 Å². The van der Waals surface area contributed by atoms with Crippen LogP contribution in [0.5, 0.6) is 0 Å². The van der Waals surface area contributed by atoms with Crippen molar-refractivity contribution in [3.63, 3.8) is 0 Å². The second-order valence-electron chi connectivity index (χ2n) is 7.56. The number of hydrogen-bond acceptors (Lipinski definition) is 5. The van der Waals surface area contributed by atoms with Crippen LogP contribution in [0.15, 0.2) is 35.6 Å². The van der Waals surface area contributed by atoms with Gasteiger partial charge in [0.05, 0.1) is 22.1 Å². The van der Waals surface area contributed by atoms with Gasteiger partial charge in [-0.1, -0.05) is 52.2 Å². The predicted octanol–water partition coefficient (Wildman–Crippen LogP) is 4.49. The van der Waals surface area contributed by atoms with Crippen molar-refractivity contribution in [2.24, 2.45) is 5.92 Å². The van der Waals surface area contributed by atoms with Crippen molar-refractivity contribution in [2.45, 2.75) is 58.9 Å². The van der Waals surface area contributed by atoms with Gasteiger partial charge in [0, 0.05) is 19.0 Å². The molecule has 1 unspecified atom stereocenters. The average Bonchev–Trinajstić information content (AvgIpc) is 2.89. The van der Waals surface area contributed by atoms with Crippen LogP contribution < -0.4 is 0 Å². The van der Waals surface area contributed by atoms with E-state index in [1.54, 1.807) is 18.2 Å². The van der Waals surface area contributed by atoms with Gasteiger partial charge in [0.2, 0.25) is 0 Å². The number of Topliss-reactive ketones (excluding diaryl/α,β-unsaturated/α-hetero) is 1. The minimum atomic E-state index is -0.929. The molecule has 1 atom stereocenters. The van der Waals surface area contributed by atoms with Crippen LogP contribution in [-0.2, 0) is 9.59 Å². The van der Waals surface area contributed by atoms with Gasteiger partial charge >= 0.3 is 0 Å². The minimum Gasteiger partial charge on any atom is -0.503 e. The second-order valence-corrected chi connectivity index (χ2v) is 7.56. The first-order valence-corrected chi connectivity index (χ1v) is 9.80.